The zero-order valence-electron chi connectivity index (χ0n) is 9.16. The van der Waals surface area contributed by atoms with Crippen LogP contribution in [0, 0.1) is 0 Å². The van der Waals surface area contributed by atoms with Crippen LogP contribution in [0.2, 0.25) is 0 Å². The van der Waals surface area contributed by atoms with Crippen LogP contribution >= 0.6 is 0 Å². The van der Waals surface area contributed by atoms with Crippen LogP contribution in [0.5, 0.6) is 0 Å². The van der Waals surface area contributed by atoms with Gasteiger partial charge in [-0.1, -0.05) is 6.07 Å². The van der Waals surface area contributed by atoms with Crippen LogP contribution in [-0.2, 0) is 0 Å². The summed E-state index contributed by atoms with van der Waals surface area (Å²) < 4.78 is 0. The maximum absolute atomic E-state index is 11.7. The highest BCUT2D eigenvalue weighted by molar-refractivity contribution is 5.93. The SMILES string of the molecule is CC(C)(C)NC(=O)c1cccc(NN)n1. The van der Waals surface area contributed by atoms with Crippen LogP contribution in [-0.4, -0.2) is 16.4 Å². The van der Waals surface area contributed by atoms with E-state index in [4.69, 9.17) is 5.84 Å². The second-order valence-electron chi connectivity index (χ2n) is 4.26. The van der Waals surface area contributed by atoms with Gasteiger partial charge in [0.25, 0.3) is 5.91 Å². The van der Waals surface area contributed by atoms with Crippen LogP contribution in [0.4, 0.5) is 5.82 Å². The fourth-order valence-electron chi connectivity index (χ4n) is 1.05. The Labute approximate surface area is 89.0 Å². The number of aromatic nitrogens is 1. The lowest BCUT2D eigenvalue weighted by atomic mass is 10.1. The average Bonchev–Trinajstić information content (AvgIpc) is 2.15. The van der Waals surface area contributed by atoms with Crippen LogP contribution in [0.25, 0.3) is 0 Å². The molecule has 0 bridgehead atoms. The first-order chi connectivity index (χ1) is 6.92. The minimum Gasteiger partial charge on any atom is -0.346 e. The minimum absolute atomic E-state index is 0.209. The zero-order valence-corrected chi connectivity index (χ0v) is 9.16. The van der Waals surface area contributed by atoms with Crippen LogP contribution in [0.3, 0.4) is 0 Å². The molecule has 0 saturated heterocycles. The quantitative estimate of drug-likeness (QED) is 0.498. The van der Waals surface area contributed by atoms with Gasteiger partial charge in [0.1, 0.15) is 11.5 Å². The highest BCUT2D eigenvalue weighted by Gasteiger charge is 2.16. The zero-order chi connectivity index (χ0) is 11.5. The Kier molecular flexibility index (Phi) is 3.26. The average molecular weight is 208 g/mol. The molecule has 0 spiro atoms. The maximum Gasteiger partial charge on any atom is 0.270 e. The van der Waals surface area contributed by atoms with E-state index >= 15 is 0 Å². The van der Waals surface area contributed by atoms with Crippen LogP contribution in [0.1, 0.15) is 31.3 Å². The molecule has 0 aromatic carbocycles. The maximum atomic E-state index is 11.7. The lowest BCUT2D eigenvalue weighted by Crippen LogP contribution is -2.41. The molecule has 15 heavy (non-hydrogen) atoms. The molecule has 0 aliphatic heterocycles. The van der Waals surface area contributed by atoms with Gasteiger partial charge in [0.05, 0.1) is 0 Å². The fourth-order valence-corrected chi connectivity index (χ4v) is 1.05. The van der Waals surface area contributed by atoms with E-state index in [2.05, 4.69) is 15.7 Å². The highest BCUT2D eigenvalue weighted by atomic mass is 16.2. The lowest BCUT2D eigenvalue weighted by molar-refractivity contribution is 0.0914. The molecule has 1 aromatic rings. The molecule has 0 radical (unpaired) electrons. The van der Waals surface area contributed by atoms with E-state index in [1.807, 2.05) is 20.8 Å². The van der Waals surface area contributed by atoms with Crippen molar-refractivity contribution in [2.75, 3.05) is 5.43 Å². The van der Waals surface area contributed by atoms with E-state index in [-0.39, 0.29) is 11.4 Å². The summed E-state index contributed by atoms with van der Waals surface area (Å²) >= 11 is 0. The van der Waals surface area contributed by atoms with E-state index in [1.165, 1.54) is 0 Å². The van der Waals surface area contributed by atoms with Crippen molar-refractivity contribution in [1.82, 2.24) is 10.3 Å². The van der Waals surface area contributed by atoms with Gasteiger partial charge in [-0.3, -0.25) is 4.79 Å². The third kappa shape index (κ3) is 3.55. The molecule has 0 unspecified atom stereocenters. The summed E-state index contributed by atoms with van der Waals surface area (Å²) in [4.78, 5) is 15.7. The number of hydrogen-bond donors (Lipinski definition) is 3. The van der Waals surface area contributed by atoms with Gasteiger partial charge in [0, 0.05) is 5.54 Å². The third-order valence-electron chi connectivity index (χ3n) is 1.62. The van der Waals surface area contributed by atoms with Crippen molar-refractivity contribution < 1.29 is 4.79 Å². The van der Waals surface area contributed by atoms with Crippen molar-refractivity contribution in [3.8, 4) is 0 Å². The lowest BCUT2D eigenvalue weighted by Gasteiger charge is -2.20. The molecule has 5 nitrogen and oxygen atoms in total. The normalized spacial score (nSPS) is 10.9. The Morgan fingerprint density at radius 2 is 2.07 bits per heavy atom. The second-order valence-corrected chi connectivity index (χ2v) is 4.26. The second kappa shape index (κ2) is 4.27. The number of carbonyl (C=O) groups excluding carboxylic acids is 1. The van der Waals surface area contributed by atoms with E-state index in [9.17, 15) is 4.79 Å². The molecule has 4 N–H and O–H groups in total. The number of pyridine rings is 1. The van der Waals surface area contributed by atoms with Gasteiger partial charge in [-0.15, -0.1) is 0 Å². The number of hydrazine groups is 1. The first-order valence-electron chi connectivity index (χ1n) is 4.68. The first-order valence-corrected chi connectivity index (χ1v) is 4.68. The molecule has 1 heterocycles. The van der Waals surface area contributed by atoms with Crippen molar-refractivity contribution in [3.63, 3.8) is 0 Å². The summed E-state index contributed by atoms with van der Waals surface area (Å²) in [5.41, 5.74) is 2.47. The van der Waals surface area contributed by atoms with Crippen molar-refractivity contribution in [3.05, 3.63) is 23.9 Å². The highest BCUT2D eigenvalue weighted by Crippen LogP contribution is 2.05. The largest absolute Gasteiger partial charge is 0.346 e. The number of nitrogens with two attached hydrogens (primary N) is 1. The Morgan fingerprint density at radius 3 is 2.60 bits per heavy atom. The van der Waals surface area contributed by atoms with E-state index < -0.39 is 0 Å². The molecule has 0 aliphatic carbocycles. The number of nitrogens with one attached hydrogen (secondary N) is 2. The van der Waals surface area contributed by atoms with Gasteiger partial charge in [-0.25, -0.2) is 10.8 Å². The van der Waals surface area contributed by atoms with Crippen molar-refractivity contribution in [1.29, 1.82) is 0 Å². The van der Waals surface area contributed by atoms with Gasteiger partial charge < -0.3 is 10.7 Å². The summed E-state index contributed by atoms with van der Waals surface area (Å²) in [6.07, 6.45) is 0. The van der Waals surface area contributed by atoms with Gasteiger partial charge in [-0.2, -0.15) is 0 Å². The molecule has 1 rings (SSSR count). The number of hydrogen-bond acceptors (Lipinski definition) is 4. The standard InChI is InChI=1S/C10H16N4O/c1-10(2,3)13-9(15)7-5-4-6-8(12-7)14-11/h4-6H,11H2,1-3H3,(H,12,14)(H,13,15). The molecule has 82 valence electrons. The predicted molar refractivity (Wildman–Crippen MR) is 59.3 cm³/mol. The minimum atomic E-state index is -0.273. The number of anilines is 1. The number of nitrogen functional groups attached to an aromatic ring is 1. The van der Waals surface area contributed by atoms with Crippen LogP contribution in [0.15, 0.2) is 18.2 Å². The van der Waals surface area contributed by atoms with Crippen LogP contribution < -0.4 is 16.6 Å². The third-order valence-corrected chi connectivity index (χ3v) is 1.62. The Bertz CT molecular complexity index is 357. The van der Waals surface area contributed by atoms with Crippen molar-refractivity contribution >= 4 is 11.7 Å². The topological polar surface area (TPSA) is 80.0 Å². The predicted octanol–water partition coefficient (Wildman–Crippen LogP) is 0.895. The van der Waals surface area contributed by atoms with Crippen molar-refractivity contribution in [2.24, 2.45) is 5.84 Å². The monoisotopic (exact) mass is 208 g/mol. The molecule has 1 aromatic heterocycles. The van der Waals surface area contributed by atoms with Gasteiger partial charge in [-0.05, 0) is 32.9 Å². The van der Waals surface area contributed by atoms with E-state index in [0.717, 1.165) is 0 Å². The summed E-state index contributed by atoms with van der Waals surface area (Å²) in [5, 5.41) is 2.82. The summed E-state index contributed by atoms with van der Waals surface area (Å²) in [6, 6.07) is 5.05. The molecule has 5 heteroatoms. The molecule has 0 aliphatic rings. The molecular formula is C10H16N4O. The molecule has 0 atom stereocenters. The van der Waals surface area contributed by atoms with Gasteiger partial charge in [0.15, 0.2) is 0 Å². The fraction of sp³-hybridized carbons (Fsp3) is 0.400. The van der Waals surface area contributed by atoms with Gasteiger partial charge >= 0.3 is 0 Å². The number of rotatable bonds is 2. The molecular weight excluding hydrogens is 192 g/mol. The van der Waals surface area contributed by atoms with E-state index in [1.54, 1.807) is 18.2 Å². The summed E-state index contributed by atoms with van der Waals surface area (Å²) in [5.74, 6) is 5.46. The Morgan fingerprint density at radius 1 is 1.40 bits per heavy atom. The molecule has 1 amide bonds. The first kappa shape index (κ1) is 11.5. The number of amides is 1. The van der Waals surface area contributed by atoms with Crippen molar-refractivity contribution in [2.45, 2.75) is 26.3 Å². The summed E-state index contributed by atoms with van der Waals surface area (Å²) in [7, 11) is 0. The Balaban J connectivity index is 2.82. The number of nitrogens with zero attached hydrogens (tertiary/aromatic N) is 1. The number of carbonyl (C=O) groups is 1. The van der Waals surface area contributed by atoms with Gasteiger partial charge in [0.2, 0.25) is 0 Å². The van der Waals surface area contributed by atoms with E-state index in [0.29, 0.717) is 11.5 Å². The smallest absolute Gasteiger partial charge is 0.270 e. The molecule has 0 saturated carbocycles. The molecule has 0 fully saturated rings. The summed E-state index contributed by atoms with van der Waals surface area (Å²) in [6.45, 7) is 5.74. The Hall–Kier alpha value is -1.62.